The molecule has 0 heterocycles. The van der Waals surface area contributed by atoms with E-state index in [1.807, 2.05) is 6.08 Å². The molecule has 0 bridgehead atoms. The number of fused-ring (bicyclic) bond motifs is 5. The lowest BCUT2D eigenvalue weighted by Crippen LogP contribution is -2.65. The Morgan fingerprint density at radius 1 is 1.00 bits per heavy atom. The van der Waals surface area contributed by atoms with Gasteiger partial charge < -0.3 is 15.3 Å². The van der Waals surface area contributed by atoms with Crippen LogP contribution >= 0.6 is 0 Å². The van der Waals surface area contributed by atoms with Crippen molar-refractivity contribution in [3.8, 4) is 0 Å². The van der Waals surface area contributed by atoms with Crippen LogP contribution in [0.4, 0.5) is 0 Å². The van der Waals surface area contributed by atoms with Crippen molar-refractivity contribution in [2.75, 3.05) is 0 Å². The van der Waals surface area contributed by atoms with Crippen LogP contribution in [0.3, 0.4) is 0 Å². The van der Waals surface area contributed by atoms with Gasteiger partial charge in [-0.3, -0.25) is 0 Å². The third kappa shape index (κ3) is 3.57. The molecule has 0 aromatic heterocycles. The van der Waals surface area contributed by atoms with E-state index in [0.29, 0.717) is 41.9 Å². The molecule has 0 aromatic rings. The second-order valence-corrected chi connectivity index (χ2v) is 12.7. The molecular formula is C29H48O3. The van der Waals surface area contributed by atoms with Gasteiger partial charge in [0.25, 0.3) is 0 Å². The summed E-state index contributed by atoms with van der Waals surface area (Å²) in [4.78, 5) is 0. The highest BCUT2D eigenvalue weighted by Gasteiger charge is 2.64. The van der Waals surface area contributed by atoms with Crippen molar-refractivity contribution in [2.45, 2.75) is 111 Å². The van der Waals surface area contributed by atoms with Crippen molar-refractivity contribution in [1.29, 1.82) is 0 Å². The number of hydrogen-bond donors (Lipinski definition) is 3. The lowest BCUT2D eigenvalue weighted by atomic mass is 9.45. The average Bonchev–Trinajstić information content (AvgIpc) is 3.08. The first kappa shape index (κ1) is 24.5. The van der Waals surface area contributed by atoms with Gasteiger partial charge >= 0.3 is 0 Å². The number of aliphatic hydroxyl groups is 3. The quantitative estimate of drug-likeness (QED) is 0.464. The minimum Gasteiger partial charge on any atom is -0.393 e. The molecule has 3 nitrogen and oxygen atoms in total. The molecule has 4 aliphatic carbocycles. The second-order valence-electron chi connectivity index (χ2n) is 12.7. The Hall–Kier alpha value is -0.640. The molecule has 3 saturated carbocycles. The van der Waals surface area contributed by atoms with Crippen LogP contribution in [0.1, 0.15) is 92.9 Å². The normalized spacial score (nSPS) is 48.2. The lowest BCUT2D eigenvalue weighted by Gasteiger charge is -2.62. The topological polar surface area (TPSA) is 60.7 Å². The van der Waals surface area contributed by atoms with Crippen LogP contribution in [0.5, 0.6) is 0 Å². The first-order valence-corrected chi connectivity index (χ1v) is 13.5. The van der Waals surface area contributed by atoms with E-state index >= 15 is 0 Å². The summed E-state index contributed by atoms with van der Waals surface area (Å²) in [6.45, 7) is 14.1. The largest absolute Gasteiger partial charge is 0.393 e. The predicted octanol–water partition coefficient (Wildman–Crippen LogP) is 5.89. The van der Waals surface area contributed by atoms with Gasteiger partial charge in [0.15, 0.2) is 0 Å². The SMILES string of the molecule is CC[C@H](/C=C/[C@H](C)[C@H]1CC[C@H]2C3=C[C@@H](O)[C@@]4(O)C[C@@H](O)CC[C@]4(C)[C@H]3CC[C@]12C)C(C)C. The minimum absolute atomic E-state index is 0.269. The molecule has 32 heavy (non-hydrogen) atoms. The van der Waals surface area contributed by atoms with Crippen molar-refractivity contribution >= 4 is 0 Å². The smallest absolute Gasteiger partial charge is 0.102 e. The van der Waals surface area contributed by atoms with Crippen LogP contribution in [-0.4, -0.2) is 33.1 Å². The monoisotopic (exact) mass is 444 g/mol. The first-order chi connectivity index (χ1) is 15.0. The van der Waals surface area contributed by atoms with Gasteiger partial charge in [0.05, 0.1) is 6.10 Å². The molecule has 10 atom stereocenters. The van der Waals surface area contributed by atoms with E-state index in [0.717, 1.165) is 19.3 Å². The molecule has 0 saturated heterocycles. The number of rotatable bonds is 5. The standard InChI is InChI=1S/C29H48O3/c1-7-20(18(2)3)9-8-19(4)23-10-11-24-22-16-26(31)29(32)17-21(30)12-15-28(29,6)25(22)13-14-27(23,24)5/h8-9,16,18-21,23-26,30-32H,7,10-15,17H2,1-6H3/b9-8+/t19-,20+,21-,23+,24-,25-,26+,27+,28+,29-/m0/s1. The molecule has 0 radical (unpaired) electrons. The van der Waals surface area contributed by atoms with Crippen LogP contribution in [0.15, 0.2) is 23.8 Å². The Kier molecular flexibility index (Phi) is 6.53. The molecule has 4 aliphatic rings. The molecular weight excluding hydrogens is 396 g/mol. The van der Waals surface area contributed by atoms with Crippen LogP contribution < -0.4 is 0 Å². The lowest BCUT2D eigenvalue weighted by molar-refractivity contribution is -0.210. The summed E-state index contributed by atoms with van der Waals surface area (Å²) in [5, 5.41) is 33.0. The van der Waals surface area contributed by atoms with Gasteiger partial charge in [0.2, 0.25) is 0 Å². The summed E-state index contributed by atoms with van der Waals surface area (Å²) in [5.41, 5.74) is 0.159. The van der Waals surface area contributed by atoms with Crippen molar-refractivity contribution < 1.29 is 15.3 Å². The predicted molar refractivity (Wildman–Crippen MR) is 131 cm³/mol. The summed E-state index contributed by atoms with van der Waals surface area (Å²) in [7, 11) is 0. The number of hydrogen-bond acceptors (Lipinski definition) is 3. The molecule has 3 heteroatoms. The molecule has 4 rings (SSSR count). The van der Waals surface area contributed by atoms with E-state index in [-0.39, 0.29) is 10.8 Å². The van der Waals surface area contributed by atoms with E-state index in [9.17, 15) is 15.3 Å². The van der Waals surface area contributed by atoms with Gasteiger partial charge in [-0.15, -0.1) is 0 Å². The second kappa shape index (κ2) is 8.54. The Morgan fingerprint density at radius 3 is 2.38 bits per heavy atom. The first-order valence-electron chi connectivity index (χ1n) is 13.5. The Morgan fingerprint density at radius 2 is 1.72 bits per heavy atom. The molecule has 0 amide bonds. The van der Waals surface area contributed by atoms with Crippen molar-refractivity contribution in [1.82, 2.24) is 0 Å². The van der Waals surface area contributed by atoms with E-state index in [2.05, 4.69) is 53.7 Å². The summed E-state index contributed by atoms with van der Waals surface area (Å²) >= 11 is 0. The third-order valence-electron chi connectivity index (χ3n) is 11.0. The zero-order valence-corrected chi connectivity index (χ0v) is 21.3. The maximum Gasteiger partial charge on any atom is 0.102 e. The maximum atomic E-state index is 11.6. The average molecular weight is 445 g/mol. The highest BCUT2D eigenvalue weighted by molar-refractivity contribution is 5.33. The van der Waals surface area contributed by atoms with E-state index in [4.69, 9.17) is 0 Å². The highest BCUT2D eigenvalue weighted by atomic mass is 16.3. The van der Waals surface area contributed by atoms with E-state index in [1.165, 1.54) is 31.3 Å². The molecule has 3 N–H and O–H groups in total. The summed E-state index contributed by atoms with van der Waals surface area (Å²) in [6.07, 6.45) is 13.4. The number of allylic oxidation sites excluding steroid dienone is 3. The van der Waals surface area contributed by atoms with Crippen molar-refractivity contribution in [2.24, 2.45) is 46.3 Å². The fraction of sp³-hybridized carbons (Fsp3) is 0.862. The minimum atomic E-state index is -1.20. The van der Waals surface area contributed by atoms with Gasteiger partial charge in [0, 0.05) is 11.8 Å². The molecule has 0 aromatic carbocycles. The molecule has 182 valence electrons. The summed E-state index contributed by atoms with van der Waals surface area (Å²) < 4.78 is 0. The van der Waals surface area contributed by atoms with Crippen LogP contribution in [0, 0.1) is 46.3 Å². The Labute approximate surface area is 196 Å². The van der Waals surface area contributed by atoms with Crippen LogP contribution in [-0.2, 0) is 0 Å². The zero-order valence-electron chi connectivity index (χ0n) is 21.3. The zero-order chi connectivity index (χ0) is 23.5. The molecule has 3 fully saturated rings. The number of aliphatic hydroxyl groups excluding tert-OH is 2. The molecule has 0 aliphatic heterocycles. The summed E-state index contributed by atoms with van der Waals surface area (Å²) in [6, 6.07) is 0. The van der Waals surface area contributed by atoms with E-state index < -0.39 is 17.8 Å². The molecule has 0 unspecified atom stereocenters. The summed E-state index contributed by atoms with van der Waals surface area (Å²) in [5.74, 6) is 3.44. The Bertz CT molecular complexity index is 756. The van der Waals surface area contributed by atoms with E-state index in [1.54, 1.807) is 0 Å². The maximum absolute atomic E-state index is 11.6. The van der Waals surface area contributed by atoms with Crippen molar-refractivity contribution in [3.05, 3.63) is 23.8 Å². The van der Waals surface area contributed by atoms with Gasteiger partial charge in [0.1, 0.15) is 11.7 Å². The van der Waals surface area contributed by atoms with Crippen LogP contribution in [0.25, 0.3) is 0 Å². The fourth-order valence-electron chi connectivity index (χ4n) is 8.73. The van der Waals surface area contributed by atoms with Gasteiger partial charge in [-0.2, -0.15) is 0 Å². The van der Waals surface area contributed by atoms with Gasteiger partial charge in [-0.05, 0) is 85.9 Å². The Balaban J connectivity index is 1.60. The molecule has 0 spiro atoms. The van der Waals surface area contributed by atoms with Gasteiger partial charge in [-0.25, -0.2) is 0 Å². The van der Waals surface area contributed by atoms with Crippen LogP contribution in [0.2, 0.25) is 0 Å². The third-order valence-corrected chi connectivity index (χ3v) is 11.0. The van der Waals surface area contributed by atoms with Crippen molar-refractivity contribution in [3.63, 3.8) is 0 Å². The van der Waals surface area contributed by atoms with Gasteiger partial charge in [-0.1, -0.05) is 65.3 Å². The fourth-order valence-corrected chi connectivity index (χ4v) is 8.73. The highest BCUT2D eigenvalue weighted by Crippen LogP contribution is 2.67.